The van der Waals surface area contributed by atoms with Crippen LogP contribution in [0.25, 0.3) is 22.3 Å². The van der Waals surface area contributed by atoms with Crippen molar-refractivity contribution in [2.45, 2.75) is 32.4 Å². The van der Waals surface area contributed by atoms with Crippen LogP contribution in [0.1, 0.15) is 54.9 Å². The fourth-order valence-electron chi connectivity index (χ4n) is 7.57. The molecule has 0 heterocycles. The molecule has 0 saturated carbocycles. The van der Waals surface area contributed by atoms with Gasteiger partial charge in [0, 0.05) is 22.7 Å². The van der Waals surface area contributed by atoms with Gasteiger partial charge in [-0.15, -0.1) is 0 Å². The zero-order valence-corrected chi connectivity index (χ0v) is 31.7. The summed E-state index contributed by atoms with van der Waals surface area (Å²) < 4.78 is 39.2. The number of carbonyl (C=O) groups is 1. The van der Waals surface area contributed by atoms with Gasteiger partial charge in [-0.05, 0) is 131 Å². The number of fused-ring (bicyclic) bond motifs is 3. The lowest BCUT2D eigenvalue weighted by molar-refractivity contribution is -0.137. The number of halogens is 3. The summed E-state index contributed by atoms with van der Waals surface area (Å²) in [7, 11) is 0. The fraction of sp³-hybridized carbons (Fsp3) is 0.104. The first-order valence-electron chi connectivity index (χ1n) is 18.2. The number of nitrogens with two attached hydrogens (primary N) is 4. The highest BCUT2D eigenvalue weighted by Gasteiger charge is 2.45. The number of alkyl halides is 3. The molecule has 0 atom stereocenters. The second kappa shape index (κ2) is 16.0. The van der Waals surface area contributed by atoms with Crippen LogP contribution >= 0.6 is 0 Å². The number of hydrogen-bond donors (Lipinski definition) is 5. The van der Waals surface area contributed by atoms with E-state index in [1.165, 1.54) is 51.6 Å². The zero-order valence-electron chi connectivity index (χ0n) is 31.7. The van der Waals surface area contributed by atoms with E-state index in [4.69, 9.17) is 28.0 Å². The average Bonchev–Trinajstić information content (AvgIpc) is 3.47. The first-order valence-corrected chi connectivity index (χ1v) is 18.2. The smallest absolute Gasteiger partial charge is 0.417 e. The molecule has 0 fully saturated rings. The summed E-state index contributed by atoms with van der Waals surface area (Å²) in [5.41, 5.74) is 35.2. The quantitative estimate of drug-likeness (QED) is 0.113. The Hall–Kier alpha value is -7.00. The molecule has 0 spiro atoms. The lowest BCUT2D eigenvalue weighted by atomic mass is 9.67. The zero-order chi connectivity index (χ0) is 41.1. The van der Waals surface area contributed by atoms with Crippen molar-refractivity contribution in [1.29, 1.82) is 0 Å². The second-order valence-electron chi connectivity index (χ2n) is 14.1. The summed E-state index contributed by atoms with van der Waals surface area (Å²) in [6, 6.07) is 47.9. The number of aryl methyl sites for hydroxylation is 3. The van der Waals surface area contributed by atoms with Gasteiger partial charge in [0.25, 0.3) is 0 Å². The van der Waals surface area contributed by atoms with Gasteiger partial charge >= 0.3 is 12.1 Å². The number of aromatic carboxylic acids is 1. The van der Waals surface area contributed by atoms with Crippen LogP contribution in [0.15, 0.2) is 152 Å². The third-order valence-electron chi connectivity index (χ3n) is 10.0. The molecule has 0 aromatic heterocycles. The Morgan fingerprint density at radius 1 is 0.509 bits per heavy atom. The highest BCUT2D eigenvalue weighted by atomic mass is 19.4. The number of anilines is 4. The van der Waals surface area contributed by atoms with Crippen LogP contribution < -0.4 is 22.9 Å². The third-order valence-corrected chi connectivity index (χ3v) is 10.0. The van der Waals surface area contributed by atoms with Crippen molar-refractivity contribution in [2.75, 3.05) is 22.9 Å². The highest BCUT2D eigenvalue weighted by molar-refractivity contribution is 5.89. The van der Waals surface area contributed by atoms with Crippen molar-refractivity contribution in [1.82, 2.24) is 0 Å². The average molecular weight is 765 g/mol. The van der Waals surface area contributed by atoms with Crippen molar-refractivity contribution < 1.29 is 23.1 Å². The Labute approximate surface area is 330 Å². The third kappa shape index (κ3) is 8.18. The van der Waals surface area contributed by atoms with Crippen molar-refractivity contribution in [3.05, 3.63) is 202 Å². The molecule has 0 amide bonds. The summed E-state index contributed by atoms with van der Waals surface area (Å²) in [6.07, 6.45) is -4.41. The number of carboxylic acids is 1. The van der Waals surface area contributed by atoms with Gasteiger partial charge in [-0.3, -0.25) is 0 Å². The van der Waals surface area contributed by atoms with Crippen LogP contribution in [0.5, 0.6) is 0 Å². The molecule has 7 aromatic rings. The largest absolute Gasteiger partial charge is 0.478 e. The molecular formula is C48H43F3N4O2. The van der Waals surface area contributed by atoms with Gasteiger partial charge in [0.1, 0.15) is 0 Å². The molecule has 288 valence electrons. The second-order valence-corrected chi connectivity index (χ2v) is 14.1. The van der Waals surface area contributed by atoms with Gasteiger partial charge in [0.05, 0.1) is 16.5 Å². The van der Waals surface area contributed by atoms with E-state index >= 15 is 0 Å². The number of nitrogen functional groups attached to an aromatic ring is 4. The summed E-state index contributed by atoms with van der Waals surface area (Å²) in [6.45, 7) is 5.52. The van der Waals surface area contributed by atoms with E-state index in [1.807, 2.05) is 44.2 Å². The summed E-state index contributed by atoms with van der Waals surface area (Å²) >= 11 is 0. The topological polar surface area (TPSA) is 141 Å². The number of carboxylic acid groups (broad SMARTS) is 1. The molecule has 7 aromatic carbocycles. The molecule has 57 heavy (non-hydrogen) atoms. The molecule has 1 aliphatic carbocycles. The Morgan fingerprint density at radius 2 is 1.00 bits per heavy atom. The SMILES string of the molecule is Cc1cc(N)cc(C(=O)O)c1.Cc1ccc(-c2ccc(N)cc2C(F)(F)F)c(C)c1.Nc1ccc(C2(c3ccc(N)cc3)c3ccccc3-c3ccccc32)cc1. The maximum atomic E-state index is 13.1. The van der Waals surface area contributed by atoms with Gasteiger partial charge in [-0.1, -0.05) is 103 Å². The van der Waals surface area contributed by atoms with Gasteiger partial charge < -0.3 is 28.0 Å². The van der Waals surface area contributed by atoms with Crippen molar-refractivity contribution in [3.8, 4) is 22.3 Å². The van der Waals surface area contributed by atoms with E-state index in [1.54, 1.807) is 31.2 Å². The van der Waals surface area contributed by atoms with Crippen LogP contribution in [0.2, 0.25) is 0 Å². The predicted molar refractivity (Wildman–Crippen MR) is 226 cm³/mol. The minimum Gasteiger partial charge on any atom is -0.478 e. The van der Waals surface area contributed by atoms with E-state index in [9.17, 15) is 18.0 Å². The van der Waals surface area contributed by atoms with E-state index in [2.05, 4.69) is 72.8 Å². The number of benzene rings is 7. The Bertz CT molecular complexity index is 2450. The van der Waals surface area contributed by atoms with Crippen LogP contribution in [0, 0.1) is 20.8 Å². The molecule has 9 heteroatoms. The minimum absolute atomic E-state index is 0.112. The molecule has 0 aliphatic heterocycles. The van der Waals surface area contributed by atoms with Gasteiger partial charge in [-0.2, -0.15) is 13.2 Å². The Kier molecular flexibility index (Phi) is 11.1. The van der Waals surface area contributed by atoms with E-state index in [0.717, 1.165) is 34.1 Å². The summed E-state index contributed by atoms with van der Waals surface area (Å²) in [5.74, 6) is -0.944. The molecule has 1 aliphatic rings. The van der Waals surface area contributed by atoms with E-state index < -0.39 is 17.7 Å². The van der Waals surface area contributed by atoms with Gasteiger partial charge in [0.2, 0.25) is 0 Å². The molecule has 6 nitrogen and oxygen atoms in total. The van der Waals surface area contributed by atoms with Gasteiger partial charge in [-0.25, -0.2) is 4.79 Å². The number of rotatable bonds is 4. The van der Waals surface area contributed by atoms with Crippen molar-refractivity contribution >= 4 is 28.7 Å². The Balaban J connectivity index is 0.000000159. The van der Waals surface area contributed by atoms with Crippen molar-refractivity contribution in [3.63, 3.8) is 0 Å². The molecule has 0 bridgehead atoms. The highest BCUT2D eigenvalue weighted by Crippen LogP contribution is 2.56. The summed E-state index contributed by atoms with van der Waals surface area (Å²) in [4.78, 5) is 10.4. The van der Waals surface area contributed by atoms with Gasteiger partial charge in [0.15, 0.2) is 0 Å². The summed E-state index contributed by atoms with van der Waals surface area (Å²) in [5, 5.41) is 8.58. The van der Waals surface area contributed by atoms with Crippen LogP contribution in [0.3, 0.4) is 0 Å². The molecular weight excluding hydrogens is 722 g/mol. The van der Waals surface area contributed by atoms with E-state index in [-0.39, 0.29) is 22.2 Å². The maximum Gasteiger partial charge on any atom is 0.417 e. The molecule has 8 rings (SSSR count). The van der Waals surface area contributed by atoms with Crippen LogP contribution in [0.4, 0.5) is 35.9 Å². The standard InChI is InChI=1S/C25H20N2.C15H14F3N.C8H9NO2/c26-19-13-9-17(10-14-19)25(18-11-15-20(27)16-12-18)23-7-3-1-5-21(23)22-6-2-4-8-24(22)25;1-9-3-5-12(10(2)7-9)13-6-4-11(19)8-14(13)15(16,17)18;1-5-2-6(8(10)11)4-7(9)3-5/h1-16H,26-27H2;3-8H,19H2,1-2H3;2-4H,9H2,1H3,(H,10,11). The molecule has 0 unspecified atom stereocenters. The van der Waals surface area contributed by atoms with Crippen molar-refractivity contribution in [2.24, 2.45) is 0 Å². The minimum atomic E-state index is -4.41. The maximum absolute atomic E-state index is 13.1. The lowest BCUT2D eigenvalue weighted by Gasteiger charge is -2.34. The first-order chi connectivity index (χ1) is 27.1. The predicted octanol–water partition coefficient (Wildman–Crippen LogP) is 11.1. The number of hydrogen-bond acceptors (Lipinski definition) is 5. The van der Waals surface area contributed by atoms with Crippen LogP contribution in [-0.2, 0) is 11.6 Å². The molecule has 9 N–H and O–H groups in total. The fourth-order valence-corrected chi connectivity index (χ4v) is 7.57. The Morgan fingerprint density at radius 3 is 1.47 bits per heavy atom. The van der Waals surface area contributed by atoms with E-state index in [0.29, 0.717) is 11.3 Å². The molecule has 0 saturated heterocycles. The first kappa shape index (κ1) is 39.7. The monoisotopic (exact) mass is 764 g/mol. The lowest BCUT2D eigenvalue weighted by Crippen LogP contribution is -2.28. The van der Waals surface area contributed by atoms with Crippen LogP contribution in [-0.4, -0.2) is 11.1 Å². The molecule has 0 radical (unpaired) electrons. The normalized spacial score (nSPS) is 12.2.